The number of nitrogens with zero attached hydrogens (tertiary/aromatic N) is 1. The number of hydrogen-bond donors (Lipinski definition) is 1. The highest BCUT2D eigenvalue weighted by Crippen LogP contribution is 2.30. The van der Waals surface area contributed by atoms with Crippen LogP contribution < -0.4 is 5.73 Å². The van der Waals surface area contributed by atoms with Gasteiger partial charge in [-0.3, -0.25) is 4.79 Å². The zero-order chi connectivity index (χ0) is 12.6. The van der Waals surface area contributed by atoms with E-state index in [1.165, 1.54) is 0 Å². The number of hydrogen-bond acceptors (Lipinski definition) is 2. The maximum Gasteiger partial charge on any atom is 0.254 e. The average Bonchev–Trinajstić information content (AvgIpc) is 2.61. The molecule has 0 aliphatic carbocycles. The third kappa shape index (κ3) is 2.61. The van der Waals surface area contributed by atoms with Crippen molar-refractivity contribution in [2.45, 2.75) is 39.2 Å². The molecule has 1 aromatic rings. The van der Waals surface area contributed by atoms with Gasteiger partial charge in [0.15, 0.2) is 0 Å². The standard InChI is InChI=1S/C14H20N2O.ClH/c1-10-5-6-11(15)9-12(10)13(17)16-8-4-7-14(16,2)3;/h5-6,9H,4,7-8,15H2,1-3H3;1H. The second-order valence-corrected chi connectivity index (χ2v) is 5.45. The zero-order valence-corrected chi connectivity index (χ0v) is 12.0. The maximum atomic E-state index is 12.5. The van der Waals surface area contributed by atoms with Gasteiger partial charge in [0.25, 0.3) is 5.91 Å². The van der Waals surface area contributed by atoms with E-state index in [2.05, 4.69) is 13.8 Å². The number of rotatable bonds is 1. The summed E-state index contributed by atoms with van der Waals surface area (Å²) in [5.74, 6) is 0.109. The lowest BCUT2D eigenvalue weighted by atomic mass is 10.00. The molecule has 0 saturated carbocycles. The van der Waals surface area contributed by atoms with Gasteiger partial charge in [-0.1, -0.05) is 6.07 Å². The number of carbonyl (C=O) groups excluding carboxylic acids is 1. The first kappa shape index (κ1) is 14.8. The van der Waals surface area contributed by atoms with Gasteiger partial charge in [-0.05, 0) is 51.3 Å². The van der Waals surface area contributed by atoms with Crippen molar-refractivity contribution >= 4 is 24.0 Å². The molecule has 0 bridgehead atoms. The van der Waals surface area contributed by atoms with Crippen LogP contribution in [0.1, 0.15) is 42.6 Å². The van der Waals surface area contributed by atoms with E-state index in [1.807, 2.05) is 24.0 Å². The van der Waals surface area contributed by atoms with Crippen molar-refractivity contribution in [2.75, 3.05) is 12.3 Å². The minimum absolute atomic E-state index is 0. The van der Waals surface area contributed by atoms with Gasteiger partial charge in [-0.2, -0.15) is 0 Å². The molecule has 3 nitrogen and oxygen atoms in total. The average molecular weight is 269 g/mol. The first-order valence-corrected chi connectivity index (χ1v) is 6.10. The Morgan fingerprint density at radius 1 is 1.39 bits per heavy atom. The van der Waals surface area contributed by atoms with Crippen LogP contribution in [0.3, 0.4) is 0 Å². The summed E-state index contributed by atoms with van der Waals surface area (Å²) in [6.45, 7) is 7.05. The predicted octanol–water partition coefficient (Wildman–Crippen LogP) is 3.01. The molecule has 1 fully saturated rings. The number of carbonyl (C=O) groups is 1. The van der Waals surface area contributed by atoms with Gasteiger partial charge in [-0.25, -0.2) is 0 Å². The van der Waals surface area contributed by atoms with Gasteiger partial charge in [0.2, 0.25) is 0 Å². The Balaban J connectivity index is 0.00000162. The topological polar surface area (TPSA) is 46.3 Å². The molecule has 100 valence electrons. The van der Waals surface area contributed by atoms with E-state index in [0.717, 1.165) is 30.5 Å². The Morgan fingerprint density at radius 2 is 2.06 bits per heavy atom. The summed E-state index contributed by atoms with van der Waals surface area (Å²) >= 11 is 0. The second kappa shape index (κ2) is 5.19. The molecule has 1 aliphatic heterocycles. The minimum atomic E-state index is -0.0336. The Hall–Kier alpha value is -1.22. The van der Waals surface area contributed by atoms with E-state index in [9.17, 15) is 4.79 Å². The number of anilines is 1. The van der Waals surface area contributed by atoms with Crippen LogP contribution in [-0.2, 0) is 0 Å². The maximum absolute atomic E-state index is 12.5. The quantitative estimate of drug-likeness (QED) is 0.796. The van der Waals surface area contributed by atoms with E-state index < -0.39 is 0 Å². The number of benzene rings is 1. The number of halogens is 1. The van der Waals surface area contributed by atoms with Crippen LogP contribution in [0.2, 0.25) is 0 Å². The molecule has 18 heavy (non-hydrogen) atoms. The van der Waals surface area contributed by atoms with Crippen LogP contribution in [0.25, 0.3) is 0 Å². The molecule has 4 heteroatoms. The molecule has 1 heterocycles. The third-order valence-corrected chi connectivity index (χ3v) is 3.64. The summed E-state index contributed by atoms with van der Waals surface area (Å²) in [7, 11) is 0. The van der Waals surface area contributed by atoms with E-state index in [0.29, 0.717) is 5.69 Å². The zero-order valence-electron chi connectivity index (χ0n) is 11.2. The van der Waals surface area contributed by atoms with Crippen LogP contribution in [-0.4, -0.2) is 22.9 Å². The molecule has 0 aromatic heterocycles. The first-order valence-electron chi connectivity index (χ1n) is 6.10. The Bertz CT molecular complexity index is 457. The van der Waals surface area contributed by atoms with Gasteiger partial charge in [-0.15, -0.1) is 12.4 Å². The van der Waals surface area contributed by atoms with Crippen molar-refractivity contribution < 1.29 is 4.79 Å². The molecule has 2 rings (SSSR count). The molecule has 0 spiro atoms. The summed E-state index contributed by atoms with van der Waals surface area (Å²) in [6, 6.07) is 5.53. The second-order valence-electron chi connectivity index (χ2n) is 5.45. The largest absolute Gasteiger partial charge is 0.399 e. The monoisotopic (exact) mass is 268 g/mol. The van der Waals surface area contributed by atoms with Crippen LogP contribution in [0.5, 0.6) is 0 Å². The predicted molar refractivity (Wildman–Crippen MR) is 77.2 cm³/mol. The Kier molecular flexibility index (Phi) is 4.28. The molecular weight excluding hydrogens is 248 g/mol. The fourth-order valence-electron chi connectivity index (χ4n) is 2.50. The van der Waals surface area contributed by atoms with Gasteiger partial charge in [0, 0.05) is 23.3 Å². The molecular formula is C14H21ClN2O. The van der Waals surface area contributed by atoms with E-state index in [1.54, 1.807) is 6.07 Å². The normalized spacial score (nSPS) is 17.4. The Morgan fingerprint density at radius 3 is 2.61 bits per heavy atom. The van der Waals surface area contributed by atoms with Gasteiger partial charge in [0.1, 0.15) is 0 Å². The van der Waals surface area contributed by atoms with Crippen LogP contribution in [0.15, 0.2) is 18.2 Å². The SMILES string of the molecule is Cc1ccc(N)cc1C(=O)N1CCCC1(C)C.Cl. The summed E-state index contributed by atoms with van der Waals surface area (Å²) in [5, 5.41) is 0. The molecule has 1 aliphatic rings. The van der Waals surface area contributed by atoms with E-state index in [-0.39, 0.29) is 23.9 Å². The minimum Gasteiger partial charge on any atom is -0.399 e. The smallest absolute Gasteiger partial charge is 0.254 e. The molecule has 2 N–H and O–H groups in total. The van der Waals surface area contributed by atoms with Crippen molar-refractivity contribution in [3.05, 3.63) is 29.3 Å². The van der Waals surface area contributed by atoms with Crippen molar-refractivity contribution in [3.63, 3.8) is 0 Å². The van der Waals surface area contributed by atoms with E-state index in [4.69, 9.17) is 5.73 Å². The van der Waals surface area contributed by atoms with Gasteiger partial charge >= 0.3 is 0 Å². The first-order chi connectivity index (χ1) is 7.92. The molecule has 1 aromatic carbocycles. The fourth-order valence-corrected chi connectivity index (χ4v) is 2.50. The van der Waals surface area contributed by atoms with Crippen LogP contribution >= 0.6 is 12.4 Å². The Labute approximate surface area is 115 Å². The highest BCUT2D eigenvalue weighted by molar-refractivity contribution is 5.97. The van der Waals surface area contributed by atoms with Crippen LogP contribution in [0.4, 0.5) is 5.69 Å². The molecule has 0 unspecified atom stereocenters. The lowest BCUT2D eigenvalue weighted by molar-refractivity contribution is 0.0651. The molecule has 1 amide bonds. The molecule has 1 saturated heterocycles. The lowest BCUT2D eigenvalue weighted by Gasteiger charge is -2.32. The van der Waals surface area contributed by atoms with Gasteiger partial charge in [0.05, 0.1) is 0 Å². The summed E-state index contributed by atoms with van der Waals surface area (Å²) in [6.07, 6.45) is 2.15. The lowest BCUT2D eigenvalue weighted by Crippen LogP contribution is -2.42. The summed E-state index contributed by atoms with van der Waals surface area (Å²) < 4.78 is 0. The summed E-state index contributed by atoms with van der Waals surface area (Å²) in [5.41, 5.74) is 8.10. The highest BCUT2D eigenvalue weighted by Gasteiger charge is 2.36. The van der Waals surface area contributed by atoms with Crippen molar-refractivity contribution in [1.82, 2.24) is 4.90 Å². The fraction of sp³-hybridized carbons (Fsp3) is 0.500. The number of aryl methyl sites for hydroxylation is 1. The van der Waals surface area contributed by atoms with E-state index >= 15 is 0 Å². The van der Waals surface area contributed by atoms with Crippen molar-refractivity contribution in [3.8, 4) is 0 Å². The molecule has 0 radical (unpaired) electrons. The number of nitrogens with two attached hydrogens (primary N) is 1. The number of amides is 1. The summed E-state index contributed by atoms with van der Waals surface area (Å²) in [4.78, 5) is 14.5. The number of likely N-dealkylation sites (tertiary alicyclic amines) is 1. The highest BCUT2D eigenvalue weighted by atomic mass is 35.5. The van der Waals surface area contributed by atoms with Crippen molar-refractivity contribution in [1.29, 1.82) is 0 Å². The third-order valence-electron chi connectivity index (χ3n) is 3.64. The number of nitrogen functional groups attached to an aromatic ring is 1. The van der Waals surface area contributed by atoms with Crippen molar-refractivity contribution in [2.24, 2.45) is 0 Å². The van der Waals surface area contributed by atoms with Crippen LogP contribution in [0, 0.1) is 6.92 Å². The van der Waals surface area contributed by atoms with Gasteiger partial charge < -0.3 is 10.6 Å². The molecule has 0 atom stereocenters.